The molecule has 0 heterocycles. The van der Waals surface area contributed by atoms with Gasteiger partial charge in [0.2, 0.25) is 0 Å². The van der Waals surface area contributed by atoms with E-state index in [1.807, 2.05) is 93.6 Å². The van der Waals surface area contributed by atoms with Crippen molar-refractivity contribution in [1.82, 2.24) is 0 Å². The number of benzene rings is 4. The molecule has 0 aliphatic carbocycles. The monoisotopic (exact) mass is 685 g/mol. The highest BCUT2D eigenvalue weighted by Gasteiger charge is 2.17. The van der Waals surface area contributed by atoms with Crippen LogP contribution in [0, 0.1) is 23.7 Å². The van der Waals surface area contributed by atoms with Crippen LogP contribution in [0.2, 0.25) is 0 Å². The fourth-order valence-electron chi connectivity index (χ4n) is 4.82. The normalized spacial score (nSPS) is 11.7. The lowest BCUT2D eigenvalue weighted by atomic mass is 9.95. The molecule has 4 aromatic rings. The molecule has 0 radical (unpaired) electrons. The third kappa shape index (κ3) is 15.6. The molecule has 5 nitrogen and oxygen atoms in total. The largest absolute Gasteiger partial charge is 0.494 e. The Kier molecular flexibility index (Phi) is 16.9. The van der Waals surface area contributed by atoms with Gasteiger partial charge in [0, 0.05) is 28.7 Å². The molecule has 2 unspecified atom stereocenters. The van der Waals surface area contributed by atoms with Gasteiger partial charge in [-0.1, -0.05) is 75.6 Å². The van der Waals surface area contributed by atoms with Crippen LogP contribution in [0.5, 0.6) is 11.5 Å². The minimum Gasteiger partial charge on any atom is -0.494 e. The molecule has 0 saturated carbocycles. The Labute approximate surface area is 306 Å². The first-order chi connectivity index (χ1) is 24.5. The number of ether oxygens (including phenoxy) is 3. The molecule has 5 heteroatoms. The van der Waals surface area contributed by atoms with Crippen LogP contribution in [0.1, 0.15) is 119 Å². The van der Waals surface area contributed by atoms with Crippen molar-refractivity contribution in [3.8, 4) is 35.2 Å². The molecule has 0 aromatic heterocycles. The summed E-state index contributed by atoms with van der Waals surface area (Å²) in [4.78, 5) is 11.9. The average molecular weight is 686 g/mol. The van der Waals surface area contributed by atoms with Gasteiger partial charge in [0.25, 0.3) is 0 Å². The van der Waals surface area contributed by atoms with Gasteiger partial charge < -0.3 is 19.9 Å². The van der Waals surface area contributed by atoms with Gasteiger partial charge in [-0.05, 0) is 142 Å². The number of hydrogen-bond donors (Lipinski definition) is 1. The molecule has 0 aliphatic heterocycles. The molecule has 2 N–H and O–H groups in total. The minimum absolute atomic E-state index is 0.141. The molecule has 51 heavy (non-hydrogen) atoms. The van der Waals surface area contributed by atoms with E-state index in [4.69, 9.17) is 19.9 Å². The van der Waals surface area contributed by atoms with Crippen molar-refractivity contribution < 1.29 is 19.0 Å². The molecule has 4 rings (SSSR count). The van der Waals surface area contributed by atoms with E-state index in [0.29, 0.717) is 24.8 Å². The molecule has 0 amide bonds. The van der Waals surface area contributed by atoms with E-state index in [9.17, 15) is 4.79 Å². The van der Waals surface area contributed by atoms with Crippen LogP contribution < -0.4 is 15.2 Å². The Morgan fingerprint density at radius 3 is 1.29 bits per heavy atom. The van der Waals surface area contributed by atoms with E-state index in [1.54, 1.807) is 0 Å². The van der Waals surface area contributed by atoms with Gasteiger partial charge in [0.15, 0.2) is 0 Å². The van der Waals surface area contributed by atoms with Gasteiger partial charge in [0.05, 0.1) is 13.2 Å². The first kappa shape index (κ1) is 40.5. The zero-order chi connectivity index (χ0) is 37.1. The topological polar surface area (TPSA) is 70.8 Å². The number of hydrogen-bond acceptors (Lipinski definition) is 5. The Balaban J connectivity index is 0.000000286. The second-order valence-electron chi connectivity index (χ2n) is 13.7. The molecular weight excluding hydrogens is 631 g/mol. The third-order valence-electron chi connectivity index (χ3n) is 7.87. The van der Waals surface area contributed by atoms with Gasteiger partial charge in [-0.15, -0.1) is 0 Å². The molecule has 268 valence electrons. The highest BCUT2D eigenvalue weighted by atomic mass is 16.6. The standard InChI is InChI=1S/C26H32O3.C20H23NO/c1-6-19-28-24-16-12-22(13-17-24)9-8-21-10-14-23(15-11-21)20(2)7-18-25(27)29-26(3,4)5;1-3-14-22-20-12-8-18(9-13-20)5-4-17-6-10-19(11-7-17)16(2)15-21/h10-17,20H,6-7,18-19H2,1-5H3;6-13,16H,3,14-15,21H2,1-2H3. The Morgan fingerprint density at radius 2 is 0.961 bits per heavy atom. The van der Waals surface area contributed by atoms with Crippen molar-refractivity contribution in [2.24, 2.45) is 5.73 Å². The lowest BCUT2D eigenvalue weighted by molar-refractivity contribution is -0.155. The van der Waals surface area contributed by atoms with Gasteiger partial charge in [-0.25, -0.2) is 0 Å². The predicted octanol–water partition coefficient (Wildman–Crippen LogP) is 10.0. The Bertz CT molecular complexity index is 1730. The van der Waals surface area contributed by atoms with Crippen molar-refractivity contribution in [3.63, 3.8) is 0 Å². The quantitative estimate of drug-likeness (QED) is 0.119. The summed E-state index contributed by atoms with van der Waals surface area (Å²) in [6, 6.07) is 32.3. The highest BCUT2D eigenvalue weighted by Crippen LogP contribution is 2.22. The summed E-state index contributed by atoms with van der Waals surface area (Å²) in [5.41, 5.74) is 11.6. The summed E-state index contributed by atoms with van der Waals surface area (Å²) in [5, 5.41) is 0. The SMILES string of the molecule is CCCOc1ccc(C#Cc2ccc(C(C)CCC(=O)OC(C)(C)C)cc2)cc1.CCCOc1ccc(C#Cc2ccc(C(C)CN)cc2)cc1. The second-order valence-corrected chi connectivity index (χ2v) is 13.7. The molecule has 0 aliphatic rings. The number of rotatable bonds is 12. The van der Waals surface area contributed by atoms with Crippen molar-refractivity contribution in [2.75, 3.05) is 19.8 Å². The first-order valence-electron chi connectivity index (χ1n) is 18.1. The fraction of sp³-hybridized carbons (Fsp3) is 0.370. The fourth-order valence-corrected chi connectivity index (χ4v) is 4.82. The van der Waals surface area contributed by atoms with Crippen LogP contribution in [0.25, 0.3) is 0 Å². The maximum atomic E-state index is 11.9. The summed E-state index contributed by atoms with van der Waals surface area (Å²) in [6.45, 7) is 16.3. The van der Waals surface area contributed by atoms with Crippen molar-refractivity contribution >= 4 is 5.97 Å². The van der Waals surface area contributed by atoms with Crippen molar-refractivity contribution in [3.05, 3.63) is 130 Å². The van der Waals surface area contributed by atoms with E-state index in [1.165, 1.54) is 11.1 Å². The van der Waals surface area contributed by atoms with Crippen LogP contribution in [-0.2, 0) is 9.53 Å². The summed E-state index contributed by atoms with van der Waals surface area (Å²) in [5.74, 6) is 15.1. The van der Waals surface area contributed by atoms with Gasteiger partial charge in [-0.3, -0.25) is 4.79 Å². The second kappa shape index (κ2) is 21.3. The van der Waals surface area contributed by atoms with Crippen LogP contribution in [0.4, 0.5) is 0 Å². The van der Waals surface area contributed by atoms with E-state index in [-0.39, 0.29) is 5.97 Å². The maximum absolute atomic E-state index is 11.9. The molecular formula is C46H55NO4. The lowest BCUT2D eigenvalue weighted by Crippen LogP contribution is -2.23. The van der Waals surface area contributed by atoms with Crippen LogP contribution in [-0.4, -0.2) is 31.3 Å². The minimum atomic E-state index is -0.427. The summed E-state index contributed by atoms with van der Waals surface area (Å²) in [7, 11) is 0. The summed E-state index contributed by atoms with van der Waals surface area (Å²) >= 11 is 0. The highest BCUT2D eigenvalue weighted by molar-refractivity contribution is 5.69. The first-order valence-corrected chi connectivity index (χ1v) is 18.1. The smallest absolute Gasteiger partial charge is 0.306 e. The number of esters is 1. The van der Waals surface area contributed by atoms with Gasteiger partial charge in [-0.2, -0.15) is 0 Å². The zero-order valence-corrected chi connectivity index (χ0v) is 31.6. The van der Waals surface area contributed by atoms with Crippen LogP contribution in [0.3, 0.4) is 0 Å². The molecule has 0 bridgehead atoms. The van der Waals surface area contributed by atoms with E-state index < -0.39 is 5.60 Å². The van der Waals surface area contributed by atoms with E-state index >= 15 is 0 Å². The number of nitrogens with two attached hydrogens (primary N) is 1. The Morgan fingerprint density at radius 1 is 0.608 bits per heavy atom. The summed E-state index contributed by atoms with van der Waals surface area (Å²) < 4.78 is 16.5. The molecule has 0 saturated heterocycles. The summed E-state index contributed by atoms with van der Waals surface area (Å²) in [6.07, 6.45) is 3.21. The third-order valence-corrected chi connectivity index (χ3v) is 7.87. The molecule has 2 atom stereocenters. The molecule has 4 aromatic carbocycles. The van der Waals surface area contributed by atoms with Crippen LogP contribution in [0.15, 0.2) is 97.1 Å². The van der Waals surface area contributed by atoms with E-state index in [2.05, 4.69) is 75.6 Å². The van der Waals surface area contributed by atoms with Crippen molar-refractivity contribution in [2.45, 2.75) is 91.6 Å². The Hall–Kier alpha value is -4.97. The van der Waals surface area contributed by atoms with E-state index in [0.717, 1.165) is 66.2 Å². The predicted molar refractivity (Wildman–Crippen MR) is 210 cm³/mol. The molecule has 0 spiro atoms. The van der Waals surface area contributed by atoms with Gasteiger partial charge >= 0.3 is 5.97 Å². The van der Waals surface area contributed by atoms with Crippen molar-refractivity contribution in [1.29, 1.82) is 0 Å². The number of carbonyl (C=O) groups excluding carboxylic acids is 1. The maximum Gasteiger partial charge on any atom is 0.306 e. The zero-order valence-electron chi connectivity index (χ0n) is 31.6. The van der Waals surface area contributed by atoms with Crippen LogP contribution >= 0.6 is 0 Å². The lowest BCUT2D eigenvalue weighted by Gasteiger charge is -2.20. The number of carbonyl (C=O) groups is 1. The average Bonchev–Trinajstić information content (AvgIpc) is 3.14. The van der Waals surface area contributed by atoms with Gasteiger partial charge in [0.1, 0.15) is 17.1 Å². The molecule has 0 fully saturated rings.